The lowest BCUT2D eigenvalue weighted by molar-refractivity contribution is -0.145. The highest BCUT2D eigenvalue weighted by Gasteiger charge is 2.32. The molecule has 0 aliphatic carbocycles. The van der Waals surface area contributed by atoms with Crippen LogP contribution in [0.3, 0.4) is 0 Å². The van der Waals surface area contributed by atoms with Gasteiger partial charge in [0, 0.05) is 13.1 Å². The van der Waals surface area contributed by atoms with Crippen LogP contribution in [0, 0.1) is 0 Å². The van der Waals surface area contributed by atoms with Crippen LogP contribution in [0.1, 0.15) is 6.42 Å². The number of carbonyl (C=O) groups excluding carboxylic acids is 1. The third-order valence-electron chi connectivity index (χ3n) is 3.18. The summed E-state index contributed by atoms with van der Waals surface area (Å²) in [5.41, 5.74) is 0. The molecule has 6 nitrogen and oxygen atoms in total. The van der Waals surface area contributed by atoms with Crippen LogP contribution >= 0.6 is 11.6 Å². The summed E-state index contributed by atoms with van der Waals surface area (Å²) in [6.45, 7) is 0.555. The van der Waals surface area contributed by atoms with Crippen molar-refractivity contribution in [1.82, 2.24) is 4.31 Å². The lowest BCUT2D eigenvalue weighted by atomic mass is 10.2. The van der Waals surface area contributed by atoms with Crippen molar-refractivity contribution >= 4 is 27.6 Å². The van der Waals surface area contributed by atoms with Gasteiger partial charge >= 0.3 is 5.97 Å². The van der Waals surface area contributed by atoms with Gasteiger partial charge in [0.2, 0.25) is 10.0 Å². The molecule has 1 aromatic carbocycles. The largest absolute Gasteiger partial charge is 0.469 e. The number of ether oxygens (including phenoxy) is 2. The van der Waals surface area contributed by atoms with Crippen molar-refractivity contribution in [1.29, 1.82) is 0 Å². The first-order valence-corrected chi connectivity index (χ1v) is 8.20. The third kappa shape index (κ3) is 3.74. The maximum absolute atomic E-state index is 12.6. The number of hydrogen-bond donors (Lipinski definition) is 0. The van der Waals surface area contributed by atoms with E-state index in [0.29, 0.717) is 0 Å². The first-order chi connectivity index (χ1) is 9.95. The summed E-state index contributed by atoms with van der Waals surface area (Å²) >= 11 is 5.96. The summed E-state index contributed by atoms with van der Waals surface area (Å²) in [5.74, 6) is -0.433. The van der Waals surface area contributed by atoms with E-state index in [2.05, 4.69) is 4.74 Å². The number of methoxy groups -OCH3 is 1. The van der Waals surface area contributed by atoms with Crippen LogP contribution in [0.2, 0.25) is 5.02 Å². The number of esters is 1. The number of benzene rings is 1. The fourth-order valence-corrected chi connectivity index (χ4v) is 4.05. The number of sulfonamides is 1. The first-order valence-electron chi connectivity index (χ1n) is 6.38. The molecule has 0 amide bonds. The summed E-state index contributed by atoms with van der Waals surface area (Å²) in [4.78, 5) is 11.3. The van der Waals surface area contributed by atoms with Crippen molar-refractivity contribution in [3.63, 3.8) is 0 Å². The van der Waals surface area contributed by atoms with E-state index >= 15 is 0 Å². The number of hydrogen-bond acceptors (Lipinski definition) is 5. The normalized spacial score (nSPS) is 20.2. The molecule has 1 heterocycles. The topological polar surface area (TPSA) is 72.9 Å². The van der Waals surface area contributed by atoms with Gasteiger partial charge in [-0.1, -0.05) is 23.7 Å². The molecule has 1 aliphatic heterocycles. The molecule has 0 spiro atoms. The van der Waals surface area contributed by atoms with Crippen molar-refractivity contribution in [3.8, 4) is 0 Å². The minimum absolute atomic E-state index is 0.0189. The van der Waals surface area contributed by atoms with E-state index in [1.165, 1.54) is 23.5 Å². The van der Waals surface area contributed by atoms with Crippen molar-refractivity contribution in [2.75, 3.05) is 26.8 Å². The standard InChI is InChI=1S/C13H16ClNO5S/c1-19-13(16)8-10-9-15(6-7-20-10)21(17,18)12-5-3-2-4-11(12)14/h2-5,10H,6-9H2,1H3. The molecular formula is C13H16ClNO5S. The van der Waals surface area contributed by atoms with Crippen molar-refractivity contribution < 1.29 is 22.7 Å². The smallest absolute Gasteiger partial charge is 0.308 e. The quantitative estimate of drug-likeness (QED) is 0.776. The molecule has 0 saturated carbocycles. The second-order valence-corrected chi connectivity index (χ2v) is 6.88. The third-order valence-corrected chi connectivity index (χ3v) is 5.54. The van der Waals surface area contributed by atoms with E-state index in [4.69, 9.17) is 16.3 Å². The molecule has 1 saturated heterocycles. The van der Waals surface area contributed by atoms with Gasteiger partial charge in [-0.25, -0.2) is 8.42 Å². The van der Waals surface area contributed by atoms with Gasteiger partial charge in [-0.2, -0.15) is 4.31 Å². The molecule has 2 rings (SSSR count). The minimum Gasteiger partial charge on any atom is -0.469 e. The fraction of sp³-hybridized carbons (Fsp3) is 0.462. The highest BCUT2D eigenvalue weighted by atomic mass is 35.5. The maximum atomic E-state index is 12.6. The molecule has 0 bridgehead atoms. The summed E-state index contributed by atoms with van der Waals surface area (Å²) in [7, 11) is -2.42. The molecule has 1 unspecified atom stereocenters. The number of halogens is 1. The van der Waals surface area contributed by atoms with Gasteiger partial charge in [0.05, 0.1) is 31.3 Å². The summed E-state index contributed by atoms with van der Waals surface area (Å²) < 4.78 is 36.4. The molecule has 0 aromatic heterocycles. The van der Waals surface area contributed by atoms with Gasteiger partial charge in [0.1, 0.15) is 4.90 Å². The highest BCUT2D eigenvalue weighted by molar-refractivity contribution is 7.89. The molecule has 8 heteroatoms. The lowest BCUT2D eigenvalue weighted by Crippen LogP contribution is -2.46. The zero-order valence-electron chi connectivity index (χ0n) is 11.5. The Balaban J connectivity index is 2.17. The van der Waals surface area contributed by atoms with Crippen LogP contribution in [0.15, 0.2) is 29.2 Å². The van der Waals surface area contributed by atoms with Crippen LogP contribution < -0.4 is 0 Å². The summed E-state index contributed by atoms with van der Waals surface area (Å²) in [5, 5.41) is 0.175. The summed E-state index contributed by atoms with van der Waals surface area (Å²) in [6.07, 6.45) is -0.492. The Labute approximate surface area is 128 Å². The zero-order chi connectivity index (χ0) is 15.5. The Kier molecular flexibility index (Phi) is 5.21. The van der Waals surface area contributed by atoms with Crippen LogP contribution in [0.4, 0.5) is 0 Å². The predicted molar refractivity (Wildman–Crippen MR) is 76.6 cm³/mol. The average Bonchev–Trinajstić information content (AvgIpc) is 2.47. The zero-order valence-corrected chi connectivity index (χ0v) is 13.1. The van der Waals surface area contributed by atoms with Gasteiger partial charge in [-0.05, 0) is 12.1 Å². The number of rotatable bonds is 4. The highest BCUT2D eigenvalue weighted by Crippen LogP contribution is 2.25. The number of morpholine rings is 1. The van der Waals surface area contributed by atoms with Gasteiger partial charge in [0.25, 0.3) is 0 Å². The molecule has 21 heavy (non-hydrogen) atoms. The second-order valence-electron chi connectivity index (χ2n) is 4.57. The summed E-state index contributed by atoms with van der Waals surface area (Å²) in [6, 6.07) is 6.27. The Morgan fingerprint density at radius 2 is 2.19 bits per heavy atom. The molecule has 1 fully saturated rings. The van der Waals surface area contributed by atoms with E-state index in [1.807, 2.05) is 0 Å². The Hall–Kier alpha value is -1.15. The van der Waals surface area contributed by atoms with Gasteiger partial charge in [-0.15, -0.1) is 0 Å². The van der Waals surface area contributed by atoms with Crippen molar-refractivity contribution in [2.45, 2.75) is 17.4 Å². The molecule has 116 valence electrons. The molecule has 1 aliphatic rings. The van der Waals surface area contributed by atoms with E-state index in [1.54, 1.807) is 12.1 Å². The van der Waals surface area contributed by atoms with Crippen LogP contribution in [0.5, 0.6) is 0 Å². The molecule has 1 aromatic rings. The van der Waals surface area contributed by atoms with E-state index in [9.17, 15) is 13.2 Å². The monoisotopic (exact) mass is 333 g/mol. The SMILES string of the molecule is COC(=O)CC1CN(S(=O)(=O)c2ccccc2Cl)CCO1. The first kappa shape index (κ1) is 16.2. The minimum atomic E-state index is -3.70. The van der Waals surface area contributed by atoms with Gasteiger partial charge in [-0.3, -0.25) is 4.79 Å². The molecular weight excluding hydrogens is 318 g/mol. The molecule has 0 N–H and O–H groups in total. The lowest BCUT2D eigenvalue weighted by Gasteiger charge is -2.31. The van der Waals surface area contributed by atoms with Crippen molar-refractivity contribution in [2.24, 2.45) is 0 Å². The second kappa shape index (κ2) is 6.74. The Morgan fingerprint density at radius 1 is 1.48 bits per heavy atom. The Bertz CT molecular complexity index is 619. The number of nitrogens with zero attached hydrogens (tertiary/aromatic N) is 1. The predicted octanol–water partition coefficient (Wildman–Crippen LogP) is 1.29. The van der Waals surface area contributed by atoms with Gasteiger partial charge < -0.3 is 9.47 Å². The maximum Gasteiger partial charge on any atom is 0.308 e. The van der Waals surface area contributed by atoms with Crippen molar-refractivity contribution in [3.05, 3.63) is 29.3 Å². The fourth-order valence-electron chi connectivity index (χ4n) is 2.10. The number of carbonyl (C=O) groups is 1. The van der Waals surface area contributed by atoms with Crippen LogP contribution in [0.25, 0.3) is 0 Å². The Morgan fingerprint density at radius 3 is 2.86 bits per heavy atom. The van der Waals surface area contributed by atoms with Crippen LogP contribution in [-0.4, -0.2) is 51.6 Å². The van der Waals surface area contributed by atoms with E-state index in [0.717, 1.165) is 0 Å². The van der Waals surface area contributed by atoms with E-state index in [-0.39, 0.29) is 36.0 Å². The molecule has 1 atom stereocenters. The van der Waals surface area contributed by atoms with Gasteiger partial charge in [0.15, 0.2) is 0 Å². The average molecular weight is 334 g/mol. The molecule has 0 radical (unpaired) electrons. The van der Waals surface area contributed by atoms with E-state index < -0.39 is 22.1 Å². The van der Waals surface area contributed by atoms with Crippen LogP contribution in [-0.2, 0) is 24.3 Å².